The second-order valence-electron chi connectivity index (χ2n) is 8.32. The van der Waals surface area contributed by atoms with Crippen LogP contribution in [0.4, 0.5) is 8.78 Å². The maximum absolute atomic E-state index is 14.8. The van der Waals surface area contributed by atoms with Gasteiger partial charge in [0.15, 0.2) is 17.4 Å². The Bertz CT molecular complexity index is 1620. The van der Waals surface area contributed by atoms with Crippen LogP contribution in [0.1, 0.15) is 28.0 Å². The third kappa shape index (κ3) is 4.97. The molecule has 0 aliphatic carbocycles. The van der Waals surface area contributed by atoms with Gasteiger partial charge in [-0.2, -0.15) is 0 Å². The maximum Gasteiger partial charge on any atom is 0.305 e. The first kappa shape index (κ1) is 23.9. The summed E-state index contributed by atoms with van der Waals surface area (Å²) in [4.78, 5) is 34.5. The molecule has 0 saturated carbocycles. The van der Waals surface area contributed by atoms with Crippen LogP contribution < -0.4 is 4.74 Å². The van der Waals surface area contributed by atoms with Crippen molar-refractivity contribution in [1.82, 2.24) is 15.0 Å². The number of imidazole rings is 1. The van der Waals surface area contributed by atoms with Crippen molar-refractivity contribution in [3.63, 3.8) is 0 Å². The minimum absolute atomic E-state index is 0.202. The number of carbonyl (C=O) groups excluding carboxylic acids is 2. The maximum atomic E-state index is 14.8. The van der Waals surface area contributed by atoms with E-state index >= 15 is 0 Å². The molecule has 2 heterocycles. The molecule has 5 aromatic rings. The fourth-order valence-corrected chi connectivity index (χ4v) is 3.99. The van der Waals surface area contributed by atoms with E-state index in [2.05, 4.69) is 19.7 Å². The average Bonchev–Trinajstić information content (AvgIpc) is 3.60. The Morgan fingerprint density at radius 1 is 1.03 bits per heavy atom. The van der Waals surface area contributed by atoms with Gasteiger partial charge in [-0.1, -0.05) is 30.3 Å². The highest BCUT2D eigenvalue weighted by atomic mass is 19.1. The summed E-state index contributed by atoms with van der Waals surface area (Å²) in [5, 5.41) is 0.219. The van der Waals surface area contributed by atoms with Gasteiger partial charge in [-0.05, 0) is 36.2 Å². The summed E-state index contributed by atoms with van der Waals surface area (Å²) in [5.74, 6) is -2.15. The summed E-state index contributed by atoms with van der Waals surface area (Å²) in [7, 11) is 1.33. The van der Waals surface area contributed by atoms with Crippen LogP contribution in [0, 0.1) is 11.6 Å². The number of ketones is 1. The minimum atomic E-state index is -0.836. The minimum Gasteiger partial charge on any atom is -0.469 e. The molecule has 0 atom stereocenters. The Hall–Kier alpha value is -4.79. The Morgan fingerprint density at radius 2 is 1.86 bits per heavy atom. The van der Waals surface area contributed by atoms with Gasteiger partial charge in [-0.3, -0.25) is 9.59 Å². The number of ether oxygens (including phenoxy) is 2. The molecule has 2 N–H and O–H groups in total. The number of halogens is 2. The van der Waals surface area contributed by atoms with Crippen molar-refractivity contribution >= 4 is 22.7 Å². The zero-order valence-corrected chi connectivity index (χ0v) is 19.7. The van der Waals surface area contributed by atoms with Gasteiger partial charge < -0.3 is 19.4 Å². The Labute approximate surface area is 210 Å². The molecule has 0 radical (unpaired) electrons. The van der Waals surface area contributed by atoms with Crippen molar-refractivity contribution in [2.75, 3.05) is 7.11 Å². The molecular weight excluding hydrogens is 480 g/mol. The van der Waals surface area contributed by atoms with Crippen molar-refractivity contribution in [2.45, 2.75) is 12.8 Å². The first-order chi connectivity index (χ1) is 17.9. The predicted octanol–water partition coefficient (Wildman–Crippen LogP) is 5.97. The fourth-order valence-electron chi connectivity index (χ4n) is 3.99. The van der Waals surface area contributed by atoms with Crippen molar-refractivity contribution < 1.29 is 27.8 Å². The number of methoxy groups -OCH3 is 1. The number of aryl methyl sites for hydroxylation is 1. The lowest BCUT2D eigenvalue weighted by Crippen LogP contribution is -2.04. The molecule has 9 heteroatoms. The van der Waals surface area contributed by atoms with Gasteiger partial charge in [0.2, 0.25) is 5.78 Å². The number of nitrogens with zero attached hydrogens (tertiary/aromatic N) is 1. The molecule has 37 heavy (non-hydrogen) atoms. The number of esters is 1. The predicted molar refractivity (Wildman–Crippen MR) is 133 cm³/mol. The zero-order chi connectivity index (χ0) is 25.9. The van der Waals surface area contributed by atoms with Crippen molar-refractivity contribution in [1.29, 1.82) is 0 Å². The quantitative estimate of drug-likeness (QED) is 0.202. The highest BCUT2D eigenvalue weighted by Gasteiger charge is 2.18. The number of fused-ring (bicyclic) bond motifs is 1. The second kappa shape index (κ2) is 10.1. The van der Waals surface area contributed by atoms with Crippen LogP contribution >= 0.6 is 0 Å². The first-order valence-electron chi connectivity index (χ1n) is 11.4. The largest absolute Gasteiger partial charge is 0.469 e. The van der Waals surface area contributed by atoms with Crippen LogP contribution in [0.2, 0.25) is 0 Å². The van der Waals surface area contributed by atoms with E-state index < -0.39 is 17.4 Å². The van der Waals surface area contributed by atoms with E-state index in [1.54, 1.807) is 42.5 Å². The summed E-state index contributed by atoms with van der Waals surface area (Å²) in [6.45, 7) is 0. The molecule has 186 valence electrons. The van der Waals surface area contributed by atoms with Crippen LogP contribution in [0.3, 0.4) is 0 Å². The number of hydrogen-bond donors (Lipinski definition) is 2. The molecule has 3 aromatic carbocycles. The Balaban J connectivity index is 1.35. The van der Waals surface area contributed by atoms with Gasteiger partial charge >= 0.3 is 5.97 Å². The molecule has 0 aliphatic rings. The van der Waals surface area contributed by atoms with E-state index in [0.29, 0.717) is 28.9 Å². The number of aromatic amines is 2. The van der Waals surface area contributed by atoms with E-state index in [-0.39, 0.29) is 35.0 Å². The van der Waals surface area contributed by atoms with Gasteiger partial charge in [0.05, 0.1) is 18.8 Å². The highest BCUT2D eigenvalue weighted by molar-refractivity contribution is 6.08. The summed E-state index contributed by atoms with van der Waals surface area (Å²) in [6, 6.07) is 16.2. The number of H-pyrrole nitrogens is 2. The molecule has 0 saturated heterocycles. The summed E-state index contributed by atoms with van der Waals surface area (Å²) in [5.41, 5.74) is 2.44. The van der Waals surface area contributed by atoms with Crippen LogP contribution in [0.5, 0.6) is 11.5 Å². The normalized spacial score (nSPS) is 11.0. The Kier molecular flexibility index (Phi) is 6.51. The number of benzene rings is 3. The summed E-state index contributed by atoms with van der Waals surface area (Å²) >= 11 is 0. The number of hydrogen-bond acceptors (Lipinski definition) is 5. The lowest BCUT2D eigenvalue weighted by atomic mass is 10.0. The molecular formula is C28H21F2N3O4. The SMILES string of the molecule is COC(=O)CCc1cccc(C(=O)c2cnc(-c3cccc(Oc4c(F)cc5[nH]ccc5c4F)c3)[nH]2)c1. The number of aromatic nitrogens is 3. The average molecular weight is 501 g/mol. The zero-order valence-electron chi connectivity index (χ0n) is 19.7. The topological polar surface area (TPSA) is 97.1 Å². The van der Waals surface area contributed by atoms with Crippen LogP contribution in [-0.2, 0) is 16.0 Å². The molecule has 5 rings (SSSR count). The summed E-state index contributed by atoms with van der Waals surface area (Å²) < 4.78 is 39.5. The van der Waals surface area contributed by atoms with Crippen molar-refractivity contribution in [3.05, 3.63) is 102 Å². The lowest BCUT2D eigenvalue weighted by molar-refractivity contribution is -0.140. The molecule has 0 fully saturated rings. The monoisotopic (exact) mass is 501 g/mol. The molecule has 7 nitrogen and oxygen atoms in total. The van der Waals surface area contributed by atoms with E-state index in [9.17, 15) is 18.4 Å². The van der Waals surface area contributed by atoms with Gasteiger partial charge in [0.25, 0.3) is 0 Å². The molecule has 0 amide bonds. The van der Waals surface area contributed by atoms with Gasteiger partial charge in [-0.25, -0.2) is 13.8 Å². The Morgan fingerprint density at radius 3 is 2.70 bits per heavy atom. The van der Waals surface area contributed by atoms with Gasteiger partial charge in [-0.15, -0.1) is 0 Å². The second-order valence-corrected chi connectivity index (χ2v) is 8.32. The third-order valence-corrected chi connectivity index (χ3v) is 5.89. The van der Waals surface area contributed by atoms with Gasteiger partial charge in [0.1, 0.15) is 17.3 Å². The number of carbonyl (C=O) groups is 2. The first-order valence-corrected chi connectivity index (χ1v) is 11.4. The molecule has 2 aromatic heterocycles. The van der Waals surface area contributed by atoms with E-state index in [0.717, 1.165) is 5.56 Å². The van der Waals surface area contributed by atoms with E-state index in [1.165, 1.54) is 31.6 Å². The molecule has 0 unspecified atom stereocenters. The van der Waals surface area contributed by atoms with Crippen molar-refractivity contribution in [3.8, 4) is 22.9 Å². The summed E-state index contributed by atoms with van der Waals surface area (Å²) in [6.07, 6.45) is 3.61. The third-order valence-electron chi connectivity index (χ3n) is 5.89. The van der Waals surface area contributed by atoms with Crippen molar-refractivity contribution in [2.24, 2.45) is 0 Å². The smallest absolute Gasteiger partial charge is 0.305 e. The van der Waals surface area contributed by atoms with Crippen LogP contribution in [-0.4, -0.2) is 33.8 Å². The fraction of sp³-hybridized carbons (Fsp3) is 0.107. The van der Waals surface area contributed by atoms with Gasteiger partial charge in [0, 0.05) is 35.2 Å². The van der Waals surface area contributed by atoms with Crippen LogP contribution in [0.15, 0.2) is 73.1 Å². The number of rotatable bonds is 8. The van der Waals surface area contributed by atoms with E-state index in [4.69, 9.17) is 4.74 Å². The standard InChI is InChI=1S/C28H21F2N3O4/c1-36-24(34)9-8-16-4-2-5-17(12-16)26(35)23-15-32-28(33-23)18-6-3-7-19(13-18)37-27-21(29)14-22-20(25(27)30)10-11-31-22/h2-7,10-15,31H,8-9H2,1H3,(H,32,33). The van der Waals surface area contributed by atoms with E-state index in [1.807, 2.05) is 6.07 Å². The molecule has 0 spiro atoms. The number of nitrogens with one attached hydrogen (secondary N) is 2. The molecule has 0 bridgehead atoms. The highest BCUT2D eigenvalue weighted by Crippen LogP contribution is 2.34. The lowest BCUT2D eigenvalue weighted by Gasteiger charge is -2.09. The molecule has 0 aliphatic heterocycles. The van der Waals surface area contributed by atoms with Crippen LogP contribution in [0.25, 0.3) is 22.3 Å².